The first-order valence-corrected chi connectivity index (χ1v) is 7.99. The van der Waals surface area contributed by atoms with Gasteiger partial charge >= 0.3 is 0 Å². The van der Waals surface area contributed by atoms with Crippen molar-refractivity contribution in [3.63, 3.8) is 0 Å². The SMILES string of the molecule is COc1cc(OC)cc(C2=N/C(=C\c3ccccc3Br)C(=O)N2)c1. The molecule has 3 rings (SSSR count). The van der Waals surface area contributed by atoms with E-state index in [1.54, 1.807) is 38.5 Å². The molecule has 0 aliphatic carbocycles. The maximum atomic E-state index is 12.2. The topological polar surface area (TPSA) is 59.9 Å². The monoisotopic (exact) mass is 386 g/mol. The fraction of sp³-hybridized carbons (Fsp3) is 0.111. The van der Waals surface area contributed by atoms with E-state index in [1.807, 2.05) is 24.3 Å². The number of amidine groups is 1. The Hall–Kier alpha value is -2.60. The van der Waals surface area contributed by atoms with Crippen molar-refractivity contribution < 1.29 is 14.3 Å². The molecular formula is C18H15BrN2O3. The third-order valence-corrected chi connectivity index (χ3v) is 4.24. The number of nitrogens with one attached hydrogen (secondary N) is 1. The Kier molecular flexibility index (Phi) is 4.66. The van der Waals surface area contributed by atoms with Gasteiger partial charge in [0, 0.05) is 16.1 Å². The second-order valence-corrected chi connectivity index (χ2v) is 5.92. The summed E-state index contributed by atoms with van der Waals surface area (Å²) in [7, 11) is 3.15. The molecule has 1 amide bonds. The molecule has 1 aliphatic heterocycles. The molecule has 5 nitrogen and oxygen atoms in total. The highest BCUT2D eigenvalue weighted by atomic mass is 79.9. The molecule has 2 aromatic carbocycles. The van der Waals surface area contributed by atoms with Crippen LogP contribution in [0.15, 0.2) is 57.6 Å². The lowest BCUT2D eigenvalue weighted by atomic mass is 10.2. The predicted molar refractivity (Wildman–Crippen MR) is 96.3 cm³/mol. The van der Waals surface area contributed by atoms with Crippen molar-refractivity contribution in [2.24, 2.45) is 4.99 Å². The van der Waals surface area contributed by atoms with E-state index < -0.39 is 0 Å². The van der Waals surface area contributed by atoms with Gasteiger partial charge in [0.2, 0.25) is 0 Å². The van der Waals surface area contributed by atoms with Crippen LogP contribution >= 0.6 is 15.9 Å². The summed E-state index contributed by atoms with van der Waals surface area (Å²) in [6, 6.07) is 13.0. The van der Waals surface area contributed by atoms with E-state index in [9.17, 15) is 4.79 Å². The second-order valence-electron chi connectivity index (χ2n) is 5.07. The van der Waals surface area contributed by atoms with Crippen LogP contribution in [-0.2, 0) is 4.79 Å². The molecule has 1 N–H and O–H groups in total. The van der Waals surface area contributed by atoms with Crippen LogP contribution in [0.1, 0.15) is 11.1 Å². The number of nitrogens with zero attached hydrogens (tertiary/aromatic N) is 1. The molecule has 0 fully saturated rings. The molecule has 0 radical (unpaired) electrons. The summed E-state index contributed by atoms with van der Waals surface area (Å²) in [5.74, 6) is 1.48. The first kappa shape index (κ1) is 16.3. The third-order valence-electron chi connectivity index (χ3n) is 3.52. The molecule has 1 heterocycles. The Balaban J connectivity index is 1.99. The Bertz CT molecular complexity index is 837. The van der Waals surface area contributed by atoms with Crippen molar-refractivity contribution in [2.75, 3.05) is 14.2 Å². The minimum absolute atomic E-state index is 0.248. The minimum Gasteiger partial charge on any atom is -0.497 e. The van der Waals surface area contributed by atoms with Crippen LogP contribution in [-0.4, -0.2) is 26.0 Å². The van der Waals surface area contributed by atoms with Gasteiger partial charge in [-0.2, -0.15) is 0 Å². The van der Waals surface area contributed by atoms with E-state index in [0.717, 1.165) is 15.6 Å². The number of methoxy groups -OCH3 is 2. The molecule has 0 saturated carbocycles. The van der Waals surface area contributed by atoms with Crippen LogP contribution in [0.5, 0.6) is 11.5 Å². The van der Waals surface area contributed by atoms with E-state index in [4.69, 9.17) is 9.47 Å². The van der Waals surface area contributed by atoms with Crippen LogP contribution in [0.2, 0.25) is 0 Å². The van der Waals surface area contributed by atoms with Crippen LogP contribution in [0.4, 0.5) is 0 Å². The molecule has 0 atom stereocenters. The quantitative estimate of drug-likeness (QED) is 0.819. The summed E-state index contributed by atoms with van der Waals surface area (Å²) >= 11 is 3.46. The van der Waals surface area contributed by atoms with Gasteiger partial charge in [0.15, 0.2) is 0 Å². The number of amides is 1. The molecule has 24 heavy (non-hydrogen) atoms. The second kappa shape index (κ2) is 6.88. The highest BCUT2D eigenvalue weighted by Gasteiger charge is 2.22. The van der Waals surface area contributed by atoms with E-state index in [0.29, 0.717) is 23.0 Å². The van der Waals surface area contributed by atoms with Gasteiger partial charge in [-0.3, -0.25) is 4.79 Å². The Morgan fingerprint density at radius 3 is 2.38 bits per heavy atom. The van der Waals surface area contributed by atoms with Gasteiger partial charge in [-0.25, -0.2) is 4.99 Å². The van der Waals surface area contributed by atoms with Crippen molar-refractivity contribution in [3.8, 4) is 11.5 Å². The first-order chi connectivity index (χ1) is 11.6. The summed E-state index contributed by atoms with van der Waals surface area (Å²) in [6.45, 7) is 0. The molecule has 1 aliphatic rings. The normalized spacial score (nSPS) is 15.2. The lowest BCUT2D eigenvalue weighted by Gasteiger charge is -2.08. The Morgan fingerprint density at radius 2 is 1.75 bits per heavy atom. The Labute approximate surface area is 148 Å². The predicted octanol–water partition coefficient (Wildman–Crippen LogP) is 3.38. The van der Waals surface area contributed by atoms with Gasteiger partial charge in [0.05, 0.1) is 14.2 Å². The number of carbonyl (C=O) groups excluding carboxylic acids is 1. The number of aliphatic imine (C=N–C) groups is 1. The van der Waals surface area contributed by atoms with Crippen LogP contribution in [0.25, 0.3) is 6.08 Å². The number of hydrogen-bond acceptors (Lipinski definition) is 4. The van der Waals surface area contributed by atoms with E-state index in [2.05, 4.69) is 26.2 Å². The molecule has 0 spiro atoms. The molecule has 0 unspecified atom stereocenters. The largest absolute Gasteiger partial charge is 0.497 e. The maximum absolute atomic E-state index is 12.2. The number of carbonyl (C=O) groups is 1. The number of rotatable bonds is 4. The molecular weight excluding hydrogens is 372 g/mol. The zero-order valence-corrected chi connectivity index (χ0v) is 14.8. The molecule has 0 aromatic heterocycles. The minimum atomic E-state index is -0.248. The van der Waals surface area contributed by atoms with Crippen molar-refractivity contribution >= 4 is 33.7 Å². The molecule has 2 aromatic rings. The number of halogens is 1. The highest BCUT2D eigenvalue weighted by Crippen LogP contribution is 2.25. The third kappa shape index (κ3) is 3.33. The smallest absolute Gasteiger partial charge is 0.275 e. The summed E-state index contributed by atoms with van der Waals surface area (Å²) in [5, 5.41) is 2.78. The molecule has 0 bridgehead atoms. The average Bonchev–Trinajstić information content (AvgIpc) is 2.97. The van der Waals surface area contributed by atoms with Gasteiger partial charge < -0.3 is 14.8 Å². The van der Waals surface area contributed by atoms with Crippen molar-refractivity contribution in [2.45, 2.75) is 0 Å². The fourth-order valence-corrected chi connectivity index (χ4v) is 2.69. The zero-order chi connectivity index (χ0) is 17.1. The fourth-order valence-electron chi connectivity index (χ4n) is 2.29. The number of ether oxygens (including phenoxy) is 2. The van der Waals surface area contributed by atoms with E-state index >= 15 is 0 Å². The maximum Gasteiger partial charge on any atom is 0.275 e. The van der Waals surface area contributed by atoms with Gasteiger partial charge in [-0.1, -0.05) is 34.1 Å². The van der Waals surface area contributed by atoms with Gasteiger partial charge in [-0.15, -0.1) is 0 Å². The van der Waals surface area contributed by atoms with E-state index in [1.165, 1.54) is 0 Å². The first-order valence-electron chi connectivity index (χ1n) is 7.20. The average molecular weight is 387 g/mol. The number of hydrogen-bond donors (Lipinski definition) is 1. The lowest BCUT2D eigenvalue weighted by Crippen LogP contribution is -2.24. The van der Waals surface area contributed by atoms with Crippen LogP contribution in [0.3, 0.4) is 0 Å². The summed E-state index contributed by atoms with van der Waals surface area (Å²) in [4.78, 5) is 16.6. The number of benzene rings is 2. The van der Waals surface area contributed by atoms with Crippen LogP contribution < -0.4 is 14.8 Å². The van der Waals surface area contributed by atoms with Gasteiger partial charge in [0.25, 0.3) is 5.91 Å². The summed E-state index contributed by atoms with van der Waals surface area (Å²) < 4.78 is 11.4. The molecule has 122 valence electrons. The summed E-state index contributed by atoms with van der Waals surface area (Å²) in [5.41, 5.74) is 1.95. The molecule has 0 saturated heterocycles. The summed E-state index contributed by atoms with van der Waals surface area (Å²) in [6.07, 6.45) is 1.74. The van der Waals surface area contributed by atoms with Gasteiger partial charge in [-0.05, 0) is 29.8 Å². The molecule has 6 heteroatoms. The van der Waals surface area contributed by atoms with Gasteiger partial charge in [0.1, 0.15) is 23.0 Å². The highest BCUT2D eigenvalue weighted by molar-refractivity contribution is 9.10. The van der Waals surface area contributed by atoms with Crippen molar-refractivity contribution in [1.29, 1.82) is 0 Å². The lowest BCUT2D eigenvalue weighted by molar-refractivity contribution is -0.115. The van der Waals surface area contributed by atoms with Crippen LogP contribution in [0, 0.1) is 0 Å². The zero-order valence-electron chi connectivity index (χ0n) is 13.2. The van der Waals surface area contributed by atoms with Crippen molar-refractivity contribution in [1.82, 2.24) is 5.32 Å². The van der Waals surface area contributed by atoms with Crippen molar-refractivity contribution in [3.05, 3.63) is 63.8 Å². The Morgan fingerprint density at radius 1 is 1.08 bits per heavy atom. The van der Waals surface area contributed by atoms with E-state index in [-0.39, 0.29) is 5.91 Å². The standard InChI is InChI=1S/C18H15BrN2O3/c1-23-13-7-12(8-14(10-13)24-2)17-20-16(18(22)21-17)9-11-5-3-4-6-15(11)19/h3-10H,1-2H3,(H,20,21,22)/b16-9-.